The molecule has 0 amide bonds. The quantitative estimate of drug-likeness (QED) is 0.821. The number of hydrogen-bond acceptors (Lipinski definition) is 3. The first-order chi connectivity index (χ1) is 10.0. The molecular weight excluding hydrogens is 262 g/mol. The van der Waals surface area contributed by atoms with Crippen LogP contribution in [0, 0.1) is 0 Å². The Balaban J connectivity index is 2.07. The zero-order valence-electron chi connectivity index (χ0n) is 13.1. The Labute approximate surface area is 126 Å². The molecule has 3 heteroatoms. The monoisotopic (exact) mass is 287 g/mol. The Hall–Kier alpha value is -1.42. The largest absolute Gasteiger partial charge is 0.389 e. The van der Waals surface area contributed by atoms with Gasteiger partial charge in [-0.05, 0) is 30.2 Å². The zero-order chi connectivity index (χ0) is 15.3. The molecule has 2 atom stereocenters. The van der Waals surface area contributed by atoms with Gasteiger partial charge in [0.15, 0.2) is 0 Å². The molecule has 2 aromatic rings. The number of rotatable bonds is 7. The second-order valence-corrected chi connectivity index (χ2v) is 5.91. The average molecular weight is 287 g/mol. The molecule has 0 radical (unpaired) electrons. The minimum atomic E-state index is -0.755. The van der Waals surface area contributed by atoms with Crippen molar-refractivity contribution in [3.63, 3.8) is 0 Å². The second-order valence-electron chi connectivity index (χ2n) is 5.91. The van der Waals surface area contributed by atoms with E-state index in [0.717, 1.165) is 0 Å². The number of fused-ring (bicyclic) bond motifs is 1. The van der Waals surface area contributed by atoms with Crippen molar-refractivity contribution in [2.24, 2.45) is 0 Å². The summed E-state index contributed by atoms with van der Waals surface area (Å²) in [6.45, 7) is 5.08. The van der Waals surface area contributed by atoms with Crippen LogP contribution in [-0.4, -0.2) is 31.0 Å². The summed E-state index contributed by atoms with van der Waals surface area (Å²) in [5, 5.41) is 16.3. The van der Waals surface area contributed by atoms with Crippen molar-refractivity contribution in [2.75, 3.05) is 20.3 Å². The van der Waals surface area contributed by atoms with E-state index in [1.807, 2.05) is 6.92 Å². The van der Waals surface area contributed by atoms with E-state index in [1.165, 1.54) is 16.3 Å². The number of ether oxygens (including phenoxy) is 1. The summed E-state index contributed by atoms with van der Waals surface area (Å²) in [5.41, 5.74) is 0.505. The van der Waals surface area contributed by atoms with Gasteiger partial charge >= 0.3 is 0 Å². The van der Waals surface area contributed by atoms with E-state index in [-0.39, 0.29) is 6.04 Å². The van der Waals surface area contributed by atoms with Gasteiger partial charge in [-0.25, -0.2) is 0 Å². The van der Waals surface area contributed by atoms with Crippen LogP contribution in [0.5, 0.6) is 0 Å². The molecule has 2 unspecified atom stereocenters. The van der Waals surface area contributed by atoms with Crippen LogP contribution in [0.2, 0.25) is 0 Å². The lowest BCUT2D eigenvalue weighted by atomic mass is 9.98. The second kappa shape index (κ2) is 7.03. The maximum atomic E-state index is 10.3. The molecule has 0 fully saturated rings. The lowest BCUT2D eigenvalue weighted by Crippen LogP contribution is -2.39. The third kappa shape index (κ3) is 4.27. The number of methoxy groups -OCH3 is 1. The highest BCUT2D eigenvalue weighted by atomic mass is 16.5. The fourth-order valence-corrected chi connectivity index (χ4v) is 2.52. The SMILES string of the molecule is COCCC(C)(O)CNC(C)c1cccc2ccccc12. The smallest absolute Gasteiger partial charge is 0.0765 e. The van der Waals surface area contributed by atoms with Gasteiger partial charge in [-0.2, -0.15) is 0 Å². The van der Waals surface area contributed by atoms with Crippen LogP contribution in [0.15, 0.2) is 42.5 Å². The minimum absolute atomic E-state index is 0.185. The Bertz CT molecular complexity index is 575. The summed E-state index contributed by atoms with van der Waals surface area (Å²) < 4.78 is 5.04. The zero-order valence-corrected chi connectivity index (χ0v) is 13.1. The molecule has 0 aromatic heterocycles. The molecule has 2 aromatic carbocycles. The summed E-state index contributed by atoms with van der Waals surface area (Å²) >= 11 is 0. The maximum absolute atomic E-state index is 10.3. The highest BCUT2D eigenvalue weighted by Gasteiger charge is 2.21. The summed E-state index contributed by atoms with van der Waals surface area (Å²) in [6.07, 6.45) is 0.624. The maximum Gasteiger partial charge on any atom is 0.0765 e. The molecule has 0 bridgehead atoms. The molecule has 0 saturated carbocycles. The van der Waals surface area contributed by atoms with Gasteiger partial charge in [0.25, 0.3) is 0 Å². The van der Waals surface area contributed by atoms with E-state index in [1.54, 1.807) is 7.11 Å². The van der Waals surface area contributed by atoms with E-state index in [9.17, 15) is 5.11 Å². The van der Waals surface area contributed by atoms with E-state index >= 15 is 0 Å². The summed E-state index contributed by atoms with van der Waals surface area (Å²) in [4.78, 5) is 0. The fraction of sp³-hybridized carbons (Fsp3) is 0.444. The molecule has 0 aliphatic heterocycles. The predicted octanol–water partition coefficient (Wildman–Crippen LogP) is 3.28. The highest BCUT2D eigenvalue weighted by molar-refractivity contribution is 5.86. The topological polar surface area (TPSA) is 41.5 Å². The Morgan fingerprint density at radius 3 is 2.67 bits per heavy atom. The van der Waals surface area contributed by atoms with Crippen molar-refractivity contribution in [2.45, 2.75) is 31.9 Å². The van der Waals surface area contributed by atoms with Crippen LogP contribution in [0.3, 0.4) is 0 Å². The molecular formula is C18H25NO2. The van der Waals surface area contributed by atoms with Gasteiger partial charge in [0, 0.05) is 32.7 Å². The summed E-state index contributed by atoms with van der Waals surface area (Å²) in [6, 6.07) is 14.9. The van der Waals surface area contributed by atoms with Crippen LogP contribution >= 0.6 is 0 Å². The molecule has 2 rings (SSSR count). The van der Waals surface area contributed by atoms with Gasteiger partial charge in [-0.15, -0.1) is 0 Å². The number of nitrogens with one attached hydrogen (secondary N) is 1. The van der Waals surface area contributed by atoms with E-state index in [4.69, 9.17) is 4.74 Å². The number of hydrogen-bond donors (Lipinski definition) is 2. The van der Waals surface area contributed by atoms with Crippen molar-refractivity contribution in [3.8, 4) is 0 Å². The first-order valence-corrected chi connectivity index (χ1v) is 7.46. The third-order valence-corrected chi connectivity index (χ3v) is 3.92. The number of aliphatic hydroxyl groups is 1. The van der Waals surface area contributed by atoms with Gasteiger partial charge in [-0.3, -0.25) is 0 Å². The average Bonchev–Trinajstić information content (AvgIpc) is 2.50. The van der Waals surface area contributed by atoms with Gasteiger partial charge < -0.3 is 15.2 Å². The van der Waals surface area contributed by atoms with Crippen LogP contribution in [0.25, 0.3) is 10.8 Å². The van der Waals surface area contributed by atoms with E-state index < -0.39 is 5.60 Å². The molecule has 21 heavy (non-hydrogen) atoms. The van der Waals surface area contributed by atoms with Gasteiger partial charge in [0.1, 0.15) is 0 Å². The lowest BCUT2D eigenvalue weighted by molar-refractivity contribution is 0.0231. The third-order valence-electron chi connectivity index (χ3n) is 3.92. The normalized spacial score (nSPS) is 15.8. The molecule has 0 saturated heterocycles. The minimum Gasteiger partial charge on any atom is -0.389 e. The van der Waals surface area contributed by atoms with Crippen molar-refractivity contribution in [1.29, 1.82) is 0 Å². The first kappa shape index (κ1) is 16.0. The van der Waals surface area contributed by atoms with Crippen LogP contribution < -0.4 is 5.32 Å². The van der Waals surface area contributed by atoms with Gasteiger partial charge in [-0.1, -0.05) is 42.5 Å². The molecule has 0 aliphatic carbocycles. The molecule has 2 N–H and O–H groups in total. The molecule has 3 nitrogen and oxygen atoms in total. The van der Waals surface area contributed by atoms with Crippen molar-refractivity contribution in [3.05, 3.63) is 48.0 Å². The first-order valence-electron chi connectivity index (χ1n) is 7.46. The van der Waals surface area contributed by atoms with Gasteiger partial charge in [0.2, 0.25) is 0 Å². The summed E-state index contributed by atoms with van der Waals surface area (Å²) in [7, 11) is 1.65. The van der Waals surface area contributed by atoms with E-state index in [2.05, 4.69) is 54.7 Å². The van der Waals surface area contributed by atoms with Gasteiger partial charge in [0.05, 0.1) is 5.60 Å². The van der Waals surface area contributed by atoms with Crippen molar-refractivity contribution < 1.29 is 9.84 Å². The standard InChI is InChI=1S/C18H25NO2/c1-14(19-13-18(2,20)11-12-21-3)16-10-6-8-15-7-4-5-9-17(15)16/h4-10,14,19-20H,11-13H2,1-3H3. The highest BCUT2D eigenvalue weighted by Crippen LogP contribution is 2.24. The Morgan fingerprint density at radius 2 is 1.90 bits per heavy atom. The Morgan fingerprint density at radius 1 is 1.19 bits per heavy atom. The molecule has 0 heterocycles. The Kier molecular flexibility index (Phi) is 5.34. The summed E-state index contributed by atoms with van der Waals surface area (Å²) in [5.74, 6) is 0. The predicted molar refractivity (Wildman–Crippen MR) is 87.5 cm³/mol. The van der Waals surface area contributed by atoms with Crippen LogP contribution in [-0.2, 0) is 4.74 Å². The molecule has 114 valence electrons. The van der Waals surface area contributed by atoms with Crippen molar-refractivity contribution in [1.82, 2.24) is 5.32 Å². The lowest BCUT2D eigenvalue weighted by Gasteiger charge is -2.26. The van der Waals surface area contributed by atoms with Crippen LogP contribution in [0.1, 0.15) is 31.9 Å². The number of benzene rings is 2. The fourth-order valence-electron chi connectivity index (χ4n) is 2.52. The molecule has 0 aliphatic rings. The van der Waals surface area contributed by atoms with Crippen molar-refractivity contribution >= 4 is 10.8 Å². The van der Waals surface area contributed by atoms with E-state index in [0.29, 0.717) is 19.6 Å². The van der Waals surface area contributed by atoms with Crippen LogP contribution in [0.4, 0.5) is 0 Å². The molecule has 0 spiro atoms.